The topological polar surface area (TPSA) is 98.1 Å². The summed E-state index contributed by atoms with van der Waals surface area (Å²) in [5.74, 6) is -0.317. The van der Waals surface area contributed by atoms with Gasteiger partial charge in [-0.05, 0) is 32.0 Å². The summed E-state index contributed by atoms with van der Waals surface area (Å²) in [6.45, 7) is 6.78. The Hall–Kier alpha value is -3.44. The van der Waals surface area contributed by atoms with E-state index in [-0.39, 0.29) is 11.6 Å². The Balaban J connectivity index is 1.40. The lowest BCUT2D eigenvalue weighted by molar-refractivity contribution is 0.102. The van der Waals surface area contributed by atoms with Crippen LogP contribution in [0.15, 0.2) is 36.7 Å². The maximum Gasteiger partial charge on any atom is 0.259 e. The molecular formula is C22H22FN7O2S. The number of carbonyl (C=O) groups is 1. The lowest BCUT2D eigenvalue weighted by Crippen LogP contribution is -2.36. The van der Waals surface area contributed by atoms with Crippen molar-refractivity contribution in [1.29, 1.82) is 0 Å². The molecule has 11 heteroatoms. The molecule has 0 saturated carbocycles. The van der Waals surface area contributed by atoms with E-state index in [1.165, 1.54) is 17.4 Å². The number of nitrogens with zero attached hydrogens (tertiary/aromatic N) is 6. The van der Waals surface area contributed by atoms with E-state index < -0.39 is 11.7 Å². The predicted molar refractivity (Wildman–Crippen MR) is 124 cm³/mol. The summed E-state index contributed by atoms with van der Waals surface area (Å²) in [5.41, 5.74) is 1.04. The molecule has 33 heavy (non-hydrogen) atoms. The molecule has 1 aromatic carbocycles. The molecule has 5 rings (SSSR count). The zero-order chi connectivity index (χ0) is 22.9. The minimum absolute atomic E-state index is 0.0581. The number of pyridine rings is 1. The molecule has 0 bridgehead atoms. The average molecular weight is 468 g/mol. The zero-order valence-corrected chi connectivity index (χ0v) is 19.0. The third-order valence-corrected chi connectivity index (χ3v) is 6.42. The highest BCUT2D eigenvalue weighted by atomic mass is 32.1. The first-order chi connectivity index (χ1) is 16.0. The second-order valence-electron chi connectivity index (χ2n) is 7.91. The number of anilines is 2. The minimum Gasteiger partial charge on any atom is -0.378 e. The van der Waals surface area contributed by atoms with Crippen molar-refractivity contribution in [2.45, 2.75) is 19.9 Å². The van der Waals surface area contributed by atoms with Gasteiger partial charge in [-0.15, -0.1) is 10.2 Å². The van der Waals surface area contributed by atoms with Crippen molar-refractivity contribution < 1.29 is 13.9 Å². The minimum atomic E-state index is -0.630. The quantitative estimate of drug-likeness (QED) is 0.477. The summed E-state index contributed by atoms with van der Waals surface area (Å²) in [6.07, 6.45) is 1.64. The molecule has 0 aliphatic carbocycles. The van der Waals surface area contributed by atoms with E-state index >= 15 is 0 Å². The lowest BCUT2D eigenvalue weighted by atomic mass is 10.2. The normalized spacial score (nSPS) is 14.2. The zero-order valence-electron chi connectivity index (χ0n) is 18.2. The Morgan fingerprint density at radius 2 is 2.03 bits per heavy atom. The van der Waals surface area contributed by atoms with Crippen molar-refractivity contribution in [1.82, 2.24) is 24.7 Å². The first-order valence-electron chi connectivity index (χ1n) is 10.6. The van der Waals surface area contributed by atoms with Crippen LogP contribution in [0.3, 0.4) is 0 Å². The smallest absolute Gasteiger partial charge is 0.259 e. The van der Waals surface area contributed by atoms with Crippen LogP contribution in [0.5, 0.6) is 0 Å². The number of benzene rings is 1. The SMILES string of the molecule is CC(C)n1cnnc1-c1cccc(NC(=O)c2cc3sc(N4CCOCC4)nc3cc2F)n1. The molecule has 0 unspecified atom stereocenters. The Labute approximate surface area is 193 Å². The Kier molecular flexibility index (Phi) is 5.73. The van der Waals surface area contributed by atoms with Gasteiger partial charge in [0.05, 0.1) is 29.0 Å². The van der Waals surface area contributed by atoms with Gasteiger partial charge >= 0.3 is 0 Å². The molecule has 4 aromatic rings. The monoisotopic (exact) mass is 467 g/mol. The van der Waals surface area contributed by atoms with Crippen LogP contribution in [0.1, 0.15) is 30.2 Å². The maximum atomic E-state index is 14.8. The van der Waals surface area contributed by atoms with E-state index in [0.29, 0.717) is 36.1 Å². The number of amides is 1. The van der Waals surface area contributed by atoms with Gasteiger partial charge in [0.2, 0.25) is 0 Å². The van der Waals surface area contributed by atoms with E-state index in [9.17, 15) is 9.18 Å². The van der Waals surface area contributed by atoms with E-state index in [4.69, 9.17) is 4.74 Å². The molecule has 170 valence electrons. The van der Waals surface area contributed by atoms with Crippen LogP contribution in [0.25, 0.3) is 21.7 Å². The lowest BCUT2D eigenvalue weighted by Gasteiger charge is -2.25. The number of morpholine rings is 1. The first-order valence-corrected chi connectivity index (χ1v) is 11.4. The van der Waals surface area contributed by atoms with E-state index in [0.717, 1.165) is 22.9 Å². The van der Waals surface area contributed by atoms with Crippen molar-refractivity contribution >= 4 is 38.4 Å². The predicted octanol–water partition coefficient (Wildman–Crippen LogP) is 3.76. The Morgan fingerprint density at radius 3 is 2.82 bits per heavy atom. The standard InChI is InChI=1S/C22H22FN7O2S/c1-13(2)30-12-24-28-20(30)16-4-3-5-19(25-16)27-21(31)14-10-18-17(11-15(14)23)26-22(33-18)29-6-8-32-9-7-29/h3-5,10-13H,6-9H2,1-2H3,(H,25,27,31). The van der Waals surface area contributed by atoms with Crippen LogP contribution < -0.4 is 10.2 Å². The number of fused-ring (bicyclic) bond motifs is 1. The Bertz CT molecular complexity index is 1310. The highest BCUT2D eigenvalue weighted by Gasteiger charge is 2.20. The van der Waals surface area contributed by atoms with Gasteiger partial charge in [0.1, 0.15) is 23.7 Å². The van der Waals surface area contributed by atoms with Crippen molar-refractivity contribution in [3.63, 3.8) is 0 Å². The molecule has 0 atom stereocenters. The summed E-state index contributed by atoms with van der Waals surface area (Å²) >= 11 is 1.43. The third-order valence-electron chi connectivity index (χ3n) is 5.34. The number of hydrogen-bond donors (Lipinski definition) is 1. The van der Waals surface area contributed by atoms with Crippen molar-refractivity contribution in [2.24, 2.45) is 0 Å². The van der Waals surface area contributed by atoms with Crippen LogP contribution in [-0.2, 0) is 4.74 Å². The molecule has 9 nitrogen and oxygen atoms in total. The fraction of sp³-hybridized carbons (Fsp3) is 0.318. The van der Waals surface area contributed by atoms with E-state index in [2.05, 4.69) is 30.4 Å². The fourth-order valence-electron chi connectivity index (χ4n) is 3.62. The number of thiazole rings is 1. The summed E-state index contributed by atoms with van der Waals surface area (Å²) in [4.78, 5) is 24.0. The van der Waals surface area contributed by atoms with Crippen LogP contribution in [-0.4, -0.2) is 56.9 Å². The van der Waals surface area contributed by atoms with Crippen molar-refractivity contribution in [3.05, 3.63) is 48.0 Å². The number of hydrogen-bond acceptors (Lipinski definition) is 8. The van der Waals surface area contributed by atoms with Gasteiger partial charge in [0, 0.05) is 25.2 Å². The molecule has 1 aliphatic heterocycles. The number of nitrogens with one attached hydrogen (secondary N) is 1. The average Bonchev–Trinajstić information content (AvgIpc) is 3.46. The highest BCUT2D eigenvalue weighted by Crippen LogP contribution is 2.31. The number of aromatic nitrogens is 5. The fourth-order valence-corrected chi connectivity index (χ4v) is 4.65. The Morgan fingerprint density at radius 1 is 1.21 bits per heavy atom. The van der Waals surface area contributed by atoms with Crippen molar-refractivity contribution in [2.75, 3.05) is 36.5 Å². The van der Waals surface area contributed by atoms with Gasteiger partial charge in [-0.25, -0.2) is 14.4 Å². The molecule has 0 spiro atoms. The summed E-state index contributed by atoms with van der Waals surface area (Å²) in [5, 5.41) is 11.6. The molecule has 1 N–H and O–H groups in total. The van der Waals surface area contributed by atoms with Gasteiger partial charge in [-0.2, -0.15) is 0 Å². The summed E-state index contributed by atoms with van der Waals surface area (Å²) in [6, 6.07) is 8.19. The maximum absolute atomic E-state index is 14.8. The largest absolute Gasteiger partial charge is 0.378 e. The van der Waals surface area contributed by atoms with Gasteiger partial charge in [0.25, 0.3) is 5.91 Å². The molecule has 3 aromatic heterocycles. The second-order valence-corrected chi connectivity index (χ2v) is 8.92. The molecule has 1 saturated heterocycles. The van der Waals surface area contributed by atoms with Crippen LogP contribution in [0, 0.1) is 5.82 Å². The van der Waals surface area contributed by atoms with Crippen LogP contribution in [0.2, 0.25) is 0 Å². The highest BCUT2D eigenvalue weighted by molar-refractivity contribution is 7.22. The molecule has 1 amide bonds. The number of ether oxygens (including phenoxy) is 1. The van der Waals surface area contributed by atoms with Gasteiger partial charge in [-0.1, -0.05) is 17.4 Å². The first kappa shape index (κ1) is 21.4. The van der Waals surface area contributed by atoms with Crippen LogP contribution >= 0.6 is 11.3 Å². The van der Waals surface area contributed by atoms with E-state index in [1.807, 2.05) is 18.4 Å². The number of carbonyl (C=O) groups excluding carboxylic acids is 1. The van der Waals surface area contributed by atoms with E-state index in [1.54, 1.807) is 30.6 Å². The summed E-state index contributed by atoms with van der Waals surface area (Å²) < 4.78 is 22.8. The molecule has 1 fully saturated rings. The second kappa shape index (κ2) is 8.83. The van der Waals surface area contributed by atoms with Crippen molar-refractivity contribution in [3.8, 4) is 11.5 Å². The molecule has 0 radical (unpaired) electrons. The molecule has 4 heterocycles. The van der Waals surface area contributed by atoms with Gasteiger partial charge < -0.3 is 19.5 Å². The van der Waals surface area contributed by atoms with Crippen LogP contribution in [0.4, 0.5) is 15.3 Å². The number of halogens is 1. The summed E-state index contributed by atoms with van der Waals surface area (Å²) in [7, 11) is 0. The third kappa shape index (κ3) is 4.29. The number of rotatable bonds is 5. The van der Waals surface area contributed by atoms with Gasteiger partial charge in [-0.3, -0.25) is 4.79 Å². The molecular weight excluding hydrogens is 445 g/mol. The molecule has 1 aliphatic rings. The van der Waals surface area contributed by atoms with Gasteiger partial charge in [0.15, 0.2) is 11.0 Å².